The number of aryl methyl sites for hydroxylation is 1. The fraction of sp³-hybridized carbons (Fsp3) is 0.500. The first-order valence-corrected chi connectivity index (χ1v) is 5.96. The Labute approximate surface area is 101 Å². The summed E-state index contributed by atoms with van der Waals surface area (Å²) in [5.74, 6) is -0.743. The minimum atomic E-state index is -0.743. The van der Waals surface area contributed by atoms with Crippen molar-refractivity contribution in [2.24, 2.45) is 0 Å². The molecule has 0 aliphatic heterocycles. The van der Waals surface area contributed by atoms with Crippen molar-refractivity contribution in [1.29, 1.82) is 0 Å². The molecule has 1 N–H and O–H groups in total. The zero-order valence-corrected chi connectivity index (χ0v) is 10.1. The van der Waals surface area contributed by atoms with Crippen LogP contribution in [0.3, 0.4) is 0 Å². The number of carboxylic acid groups (broad SMARTS) is 1. The lowest BCUT2D eigenvalue weighted by molar-refractivity contribution is -0.136. The van der Waals surface area contributed by atoms with Crippen molar-refractivity contribution in [3.8, 4) is 0 Å². The van der Waals surface area contributed by atoms with Gasteiger partial charge in [-0.1, -0.05) is 24.3 Å². The second-order valence-corrected chi connectivity index (χ2v) is 4.80. The molecule has 92 valence electrons. The van der Waals surface area contributed by atoms with Gasteiger partial charge in [0.25, 0.3) is 0 Å². The minimum absolute atomic E-state index is 0.197. The molecule has 0 saturated heterocycles. The number of ether oxygens (including phenoxy) is 1. The molecule has 1 aromatic rings. The van der Waals surface area contributed by atoms with Crippen molar-refractivity contribution in [2.75, 3.05) is 13.7 Å². The van der Waals surface area contributed by atoms with Crippen LogP contribution in [0.15, 0.2) is 24.3 Å². The highest BCUT2D eigenvalue weighted by molar-refractivity contribution is 5.67. The number of aliphatic carboxylic acids is 1. The lowest BCUT2D eigenvalue weighted by Crippen LogP contribution is -2.13. The molecule has 0 aromatic heterocycles. The third kappa shape index (κ3) is 2.86. The number of carbonyl (C=O) groups is 1. The SMILES string of the molecule is COCC1(c2ccc(CCC(=O)O)cc2)CC1. The van der Waals surface area contributed by atoms with Gasteiger partial charge in [0.1, 0.15) is 0 Å². The summed E-state index contributed by atoms with van der Waals surface area (Å²) in [4.78, 5) is 10.5. The number of hydrogen-bond donors (Lipinski definition) is 1. The van der Waals surface area contributed by atoms with E-state index >= 15 is 0 Å². The summed E-state index contributed by atoms with van der Waals surface area (Å²) in [5, 5.41) is 8.62. The van der Waals surface area contributed by atoms with Crippen molar-refractivity contribution in [1.82, 2.24) is 0 Å². The Kier molecular flexibility index (Phi) is 3.48. The van der Waals surface area contributed by atoms with Crippen LogP contribution in [0, 0.1) is 0 Å². The van der Waals surface area contributed by atoms with Gasteiger partial charge in [0.15, 0.2) is 0 Å². The fourth-order valence-corrected chi connectivity index (χ4v) is 2.22. The molecule has 3 nitrogen and oxygen atoms in total. The van der Waals surface area contributed by atoms with Crippen LogP contribution in [0.2, 0.25) is 0 Å². The standard InChI is InChI=1S/C14H18O3/c1-17-10-14(8-9-14)12-5-2-11(3-6-12)4-7-13(15)16/h2-3,5-6H,4,7-10H2,1H3,(H,15,16). The van der Waals surface area contributed by atoms with Crippen LogP contribution < -0.4 is 0 Å². The number of carboxylic acids is 1. The van der Waals surface area contributed by atoms with Crippen LogP contribution in [-0.4, -0.2) is 24.8 Å². The van der Waals surface area contributed by atoms with Gasteiger partial charge in [-0.25, -0.2) is 0 Å². The predicted octanol–water partition coefficient (Wildman–Crippen LogP) is 2.38. The summed E-state index contributed by atoms with van der Waals surface area (Å²) in [6.45, 7) is 0.779. The lowest BCUT2D eigenvalue weighted by atomic mass is 9.95. The molecule has 1 fully saturated rings. The normalized spacial score (nSPS) is 16.8. The second-order valence-electron chi connectivity index (χ2n) is 4.80. The average molecular weight is 234 g/mol. The molecule has 1 aliphatic carbocycles. The zero-order valence-electron chi connectivity index (χ0n) is 10.1. The molecular weight excluding hydrogens is 216 g/mol. The molecule has 0 spiro atoms. The third-order valence-corrected chi connectivity index (χ3v) is 3.47. The first kappa shape index (κ1) is 12.1. The van der Waals surface area contributed by atoms with E-state index in [9.17, 15) is 4.79 Å². The quantitative estimate of drug-likeness (QED) is 0.822. The maximum absolute atomic E-state index is 10.5. The van der Waals surface area contributed by atoms with E-state index in [2.05, 4.69) is 12.1 Å². The zero-order chi connectivity index (χ0) is 12.3. The van der Waals surface area contributed by atoms with Crippen molar-refractivity contribution in [3.05, 3.63) is 35.4 Å². The van der Waals surface area contributed by atoms with Crippen molar-refractivity contribution < 1.29 is 14.6 Å². The summed E-state index contributed by atoms with van der Waals surface area (Å²) in [6, 6.07) is 8.30. The maximum Gasteiger partial charge on any atom is 0.303 e. The van der Waals surface area contributed by atoms with E-state index in [1.165, 1.54) is 18.4 Å². The molecule has 1 aromatic carbocycles. The van der Waals surface area contributed by atoms with E-state index in [1.54, 1.807) is 7.11 Å². The van der Waals surface area contributed by atoms with Crippen LogP contribution in [-0.2, 0) is 21.4 Å². The number of methoxy groups -OCH3 is 1. The first-order chi connectivity index (χ1) is 8.16. The van der Waals surface area contributed by atoms with Gasteiger partial charge < -0.3 is 9.84 Å². The molecule has 0 amide bonds. The van der Waals surface area contributed by atoms with Gasteiger partial charge in [-0.15, -0.1) is 0 Å². The highest BCUT2D eigenvalue weighted by atomic mass is 16.5. The summed E-state index contributed by atoms with van der Waals surface area (Å²) < 4.78 is 5.26. The van der Waals surface area contributed by atoms with E-state index < -0.39 is 5.97 Å². The van der Waals surface area contributed by atoms with Crippen LogP contribution in [0.4, 0.5) is 0 Å². The van der Waals surface area contributed by atoms with Crippen LogP contribution in [0.25, 0.3) is 0 Å². The van der Waals surface area contributed by atoms with Crippen molar-refractivity contribution in [3.63, 3.8) is 0 Å². The molecule has 3 heteroatoms. The molecule has 1 saturated carbocycles. The van der Waals surface area contributed by atoms with Crippen molar-refractivity contribution >= 4 is 5.97 Å². The Morgan fingerprint density at radius 3 is 2.47 bits per heavy atom. The number of hydrogen-bond acceptors (Lipinski definition) is 2. The van der Waals surface area contributed by atoms with E-state index in [0.29, 0.717) is 6.42 Å². The van der Waals surface area contributed by atoms with Crippen LogP contribution in [0.1, 0.15) is 30.4 Å². The van der Waals surface area contributed by atoms with E-state index in [4.69, 9.17) is 9.84 Å². The average Bonchev–Trinajstić information content (AvgIpc) is 3.09. The third-order valence-electron chi connectivity index (χ3n) is 3.47. The number of benzene rings is 1. The predicted molar refractivity (Wildman–Crippen MR) is 65.2 cm³/mol. The Bertz CT molecular complexity index is 390. The fourth-order valence-electron chi connectivity index (χ4n) is 2.22. The number of rotatable bonds is 6. The molecular formula is C14H18O3. The Morgan fingerprint density at radius 1 is 1.35 bits per heavy atom. The summed E-state index contributed by atoms with van der Waals surface area (Å²) in [5.41, 5.74) is 2.64. The topological polar surface area (TPSA) is 46.5 Å². The molecule has 0 unspecified atom stereocenters. The van der Waals surface area contributed by atoms with Gasteiger partial charge in [-0.3, -0.25) is 4.79 Å². The smallest absolute Gasteiger partial charge is 0.303 e. The van der Waals surface area contributed by atoms with Crippen LogP contribution in [0.5, 0.6) is 0 Å². The summed E-state index contributed by atoms with van der Waals surface area (Å²) in [6.07, 6.45) is 3.18. The largest absolute Gasteiger partial charge is 0.481 e. The molecule has 0 radical (unpaired) electrons. The molecule has 17 heavy (non-hydrogen) atoms. The van der Waals surface area contributed by atoms with E-state index in [-0.39, 0.29) is 11.8 Å². The Balaban J connectivity index is 2.00. The second kappa shape index (κ2) is 4.88. The highest BCUT2D eigenvalue weighted by Gasteiger charge is 2.44. The lowest BCUT2D eigenvalue weighted by Gasteiger charge is -2.14. The Hall–Kier alpha value is -1.35. The van der Waals surface area contributed by atoms with Gasteiger partial charge in [0.2, 0.25) is 0 Å². The van der Waals surface area contributed by atoms with Gasteiger partial charge >= 0.3 is 5.97 Å². The minimum Gasteiger partial charge on any atom is -0.481 e. The van der Waals surface area contributed by atoms with Gasteiger partial charge in [0.05, 0.1) is 6.61 Å². The van der Waals surface area contributed by atoms with Crippen LogP contribution >= 0.6 is 0 Å². The summed E-state index contributed by atoms with van der Waals surface area (Å²) in [7, 11) is 1.74. The molecule has 0 heterocycles. The van der Waals surface area contributed by atoms with Gasteiger partial charge in [-0.2, -0.15) is 0 Å². The summed E-state index contributed by atoms with van der Waals surface area (Å²) >= 11 is 0. The first-order valence-electron chi connectivity index (χ1n) is 5.96. The molecule has 0 bridgehead atoms. The molecule has 0 atom stereocenters. The maximum atomic E-state index is 10.5. The van der Waals surface area contributed by atoms with E-state index in [0.717, 1.165) is 12.2 Å². The van der Waals surface area contributed by atoms with Gasteiger partial charge in [-0.05, 0) is 30.4 Å². The Morgan fingerprint density at radius 2 is 2.00 bits per heavy atom. The molecule has 1 aliphatic rings. The van der Waals surface area contributed by atoms with Crippen molar-refractivity contribution in [2.45, 2.75) is 31.1 Å². The van der Waals surface area contributed by atoms with E-state index in [1.807, 2.05) is 12.1 Å². The van der Waals surface area contributed by atoms with Gasteiger partial charge in [0, 0.05) is 18.9 Å². The molecule has 2 rings (SSSR count). The monoisotopic (exact) mass is 234 g/mol. The highest BCUT2D eigenvalue weighted by Crippen LogP contribution is 2.48.